The maximum Gasteiger partial charge on any atom is 0.262 e. The first kappa shape index (κ1) is 17.4. The molecule has 0 radical (unpaired) electrons. The van der Waals surface area contributed by atoms with Gasteiger partial charge in [-0.25, -0.2) is 0 Å². The fourth-order valence-corrected chi connectivity index (χ4v) is 3.11. The maximum absolute atomic E-state index is 12.4. The van der Waals surface area contributed by atoms with Crippen LogP contribution in [0.5, 0.6) is 0 Å². The zero-order chi connectivity index (χ0) is 17.8. The molecule has 0 fully saturated rings. The van der Waals surface area contributed by atoms with Crippen molar-refractivity contribution in [1.82, 2.24) is 15.5 Å². The SMILES string of the molecule is CC[C@@H](C)[C@H](NC(=O)c1cccs1)c1nc(-c2ccc(C)cc2)no1. The van der Waals surface area contributed by atoms with Gasteiger partial charge in [0.25, 0.3) is 5.91 Å². The van der Waals surface area contributed by atoms with E-state index in [9.17, 15) is 4.79 Å². The minimum atomic E-state index is -0.314. The second-order valence-corrected chi connectivity index (χ2v) is 7.08. The summed E-state index contributed by atoms with van der Waals surface area (Å²) in [4.78, 5) is 17.6. The van der Waals surface area contributed by atoms with E-state index in [1.54, 1.807) is 6.07 Å². The van der Waals surface area contributed by atoms with Crippen LogP contribution in [0.2, 0.25) is 0 Å². The molecular formula is C19H21N3O2S. The van der Waals surface area contributed by atoms with Crippen molar-refractivity contribution in [3.05, 3.63) is 58.1 Å². The lowest BCUT2D eigenvalue weighted by Gasteiger charge is -2.20. The lowest BCUT2D eigenvalue weighted by atomic mass is 9.99. The third kappa shape index (κ3) is 3.96. The van der Waals surface area contributed by atoms with E-state index < -0.39 is 0 Å². The topological polar surface area (TPSA) is 68.0 Å². The summed E-state index contributed by atoms with van der Waals surface area (Å²) in [5.41, 5.74) is 2.07. The van der Waals surface area contributed by atoms with Crippen LogP contribution >= 0.6 is 11.3 Å². The molecule has 2 aromatic heterocycles. The van der Waals surface area contributed by atoms with Crippen LogP contribution in [0.3, 0.4) is 0 Å². The summed E-state index contributed by atoms with van der Waals surface area (Å²) in [5, 5.41) is 9.01. The molecule has 130 valence electrons. The normalized spacial score (nSPS) is 13.4. The first-order chi connectivity index (χ1) is 12.1. The lowest BCUT2D eigenvalue weighted by Crippen LogP contribution is -2.32. The molecule has 6 heteroatoms. The molecule has 2 atom stereocenters. The Morgan fingerprint density at radius 3 is 2.68 bits per heavy atom. The van der Waals surface area contributed by atoms with Crippen molar-refractivity contribution >= 4 is 17.2 Å². The average molecular weight is 355 g/mol. The number of nitrogens with one attached hydrogen (secondary N) is 1. The number of benzene rings is 1. The summed E-state index contributed by atoms with van der Waals surface area (Å²) in [6, 6.07) is 11.3. The summed E-state index contributed by atoms with van der Waals surface area (Å²) in [6.45, 7) is 6.17. The van der Waals surface area contributed by atoms with Crippen molar-refractivity contribution in [1.29, 1.82) is 0 Å². The summed E-state index contributed by atoms with van der Waals surface area (Å²) in [7, 11) is 0. The second-order valence-electron chi connectivity index (χ2n) is 6.14. The van der Waals surface area contributed by atoms with Gasteiger partial charge in [0.15, 0.2) is 0 Å². The van der Waals surface area contributed by atoms with Crippen molar-refractivity contribution in [3.63, 3.8) is 0 Å². The quantitative estimate of drug-likeness (QED) is 0.700. The first-order valence-corrected chi connectivity index (χ1v) is 9.21. The molecule has 1 N–H and O–H groups in total. The van der Waals surface area contributed by atoms with E-state index in [0.29, 0.717) is 16.6 Å². The molecule has 3 aromatic rings. The van der Waals surface area contributed by atoms with Gasteiger partial charge in [0.05, 0.1) is 4.88 Å². The number of nitrogens with zero attached hydrogens (tertiary/aromatic N) is 2. The molecule has 0 aliphatic heterocycles. The Kier molecular flexibility index (Phi) is 5.28. The number of hydrogen-bond acceptors (Lipinski definition) is 5. The van der Waals surface area contributed by atoms with E-state index in [0.717, 1.165) is 12.0 Å². The molecule has 2 heterocycles. The van der Waals surface area contributed by atoms with Crippen LogP contribution in [0.25, 0.3) is 11.4 Å². The van der Waals surface area contributed by atoms with Crippen molar-refractivity contribution in [2.24, 2.45) is 5.92 Å². The van der Waals surface area contributed by atoms with E-state index in [1.807, 2.05) is 42.6 Å². The summed E-state index contributed by atoms with van der Waals surface area (Å²) >= 11 is 1.41. The Bertz CT molecular complexity index is 825. The van der Waals surface area contributed by atoms with Crippen LogP contribution in [-0.4, -0.2) is 16.0 Å². The van der Waals surface area contributed by atoms with Gasteiger partial charge in [0.2, 0.25) is 11.7 Å². The van der Waals surface area contributed by atoms with Crippen molar-refractivity contribution < 1.29 is 9.32 Å². The monoisotopic (exact) mass is 355 g/mol. The first-order valence-electron chi connectivity index (χ1n) is 8.33. The molecule has 5 nitrogen and oxygen atoms in total. The van der Waals surface area contributed by atoms with Gasteiger partial charge >= 0.3 is 0 Å². The van der Waals surface area contributed by atoms with Crippen LogP contribution in [0.4, 0.5) is 0 Å². The summed E-state index contributed by atoms with van der Waals surface area (Å²) < 4.78 is 5.48. The third-order valence-corrected chi connectivity index (χ3v) is 5.13. The molecular weight excluding hydrogens is 334 g/mol. The second kappa shape index (κ2) is 7.61. The molecule has 1 amide bonds. The van der Waals surface area contributed by atoms with E-state index in [2.05, 4.69) is 29.3 Å². The van der Waals surface area contributed by atoms with Crippen LogP contribution in [0, 0.1) is 12.8 Å². The lowest BCUT2D eigenvalue weighted by molar-refractivity contribution is 0.0914. The average Bonchev–Trinajstić information content (AvgIpc) is 3.31. The Hall–Kier alpha value is -2.47. The molecule has 0 saturated carbocycles. The van der Waals surface area contributed by atoms with Gasteiger partial charge in [-0.2, -0.15) is 4.98 Å². The number of amides is 1. The standard InChI is InChI=1S/C19H21N3O2S/c1-4-13(3)16(20-18(23)15-6-5-11-25-15)19-21-17(22-24-19)14-9-7-12(2)8-10-14/h5-11,13,16H,4H2,1-3H3,(H,20,23)/t13-,16+/m1/s1. The van der Waals surface area contributed by atoms with E-state index >= 15 is 0 Å². The fourth-order valence-electron chi connectivity index (χ4n) is 2.48. The number of carbonyl (C=O) groups excluding carboxylic acids is 1. The molecule has 0 aliphatic rings. The van der Waals surface area contributed by atoms with Gasteiger partial charge in [0.1, 0.15) is 6.04 Å². The number of aryl methyl sites for hydroxylation is 1. The zero-order valence-electron chi connectivity index (χ0n) is 14.5. The number of hydrogen-bond donors (Lipinski definition) is 1. The highest BCUT2D eigenvalue weighted by Crippen LogP contribution is 2.26. The molecule has 25 heavy (non-hydrogen) atoms. The van der Waals surface area contributed by atoms with Gasteiger partial charge < -0.3 is 9.84 Å². The Balaban J connectivity index is 1.84. The zero-order valence-corrected chi connectivity index (χ0v) is 15.3. The van der Waals surface area contributed by atoms with Crippen molar-refractivity contribution in [3.8, 4) is 11.4 Å². The molecule has 1 aromatic carbocycles. The van der Waals surface area contributed by atoms with Crippen LogP contribution < -0.4 is 5.32 Å². The minimum Gasteiger partial charge on any atom is -0.339 e. The third-order valence-electron chi connectivity index (χ3n) is 4.26. The fraction of sp³-hybridized carbons (Fsp3) is 0.316. The molecule has 0 spiro atoms. The van der Waals surface area contributed by atoms with Crippen molar-refractivity contribution in [2.75, 3.05) is 0 Å². The summed E-state index contributed by atoms with van der Waals surface area (Å²) in [6.07, 6.45) is 0.887. The van der Waals surface area contributed by atoms with Crippen LogP contribution in [0.1, 0.15) is 47.4 Å². The highest BCUT2D eigenvalue weighted by Gasteiger charge is 2.27. The molecule has 0 unspecified atom stereocenters. The van der Waals surface area contributed by atoms with Gasteiger partial charge in [-0.05, 0) is 24.3 Å². The van der Waals surface area contributed by atoms with Crippen LogP contribution in [0.15, 0.2) is 46.3 Å². The number of aromatic nitrogens is 2. The predicted molar refractivity (Wildman–Crippen MR) is 98.5 cm³/mol. The number of carbonyl (C=O) groups is 1. The Labute approximate surface area is 151 Å². The van der Waals surface area contributed by atoms with Crippen molar-refractivity contribution in [2.45, 2.75) is 33.2 Å². The van der Waals surface area contributed by atoms with E-state index in [-0.39, 0.29) is 17.9 Å². The minimum absolute atomic E-state index is 0.115. The molecule has 0 aliphatic carbocycles. The van der Waals surface area contributed by atoms with Gasteiger partial charge in [-0.1, -0.05) is 61.3 Å². The molecule has 0 bridgehead atoms. The number of rotatable bonds is 6. The number of thiophene rings is 1. The predicted octanol–water partition coefficient (Wildman–Crippen LogP) is 4.62. The van der Waals surface area contributed by atoms with Gasteiger partial charge in [-0.15, -0.1) is 11.3 Å². The Morgan fingerprint density at radius 1 is 1.28 bits per heavy atom. The van der Waals surface area contributed by atoms with E-state index in [1.165, 1.54) is 16.9 Å². The van der Waals surface area contributed by atoms with Gasteiger partial charge in [0, 0.05) is 5.56 Å². The van der Waals surface area contributed by atoms with Crippen LogP contribution in [-0.2, 0) is 0 Å². The Morgan fingerprint density at radius 2 is 2.04 bits per heavy atom. The largest absolute Gasteiger partial charge is 0.339 e. The summed E-state index contributed by atoms with van der Waals surface area (Å²) in [5.74, 6) is 1.04. The highest BCUT2D eigenvalue weighted by molar-refractivity contribution is 7.12. The van der Waals surface area contributed by atoms with Gasteiger partial charge in [-0.3, -0.25) is 4.79 Å². The maximum atomic E-state index is 12.4. The van der Waals surface area contributed by atoms with E-state index in [4.69, 9.17) is 4.52 Å². The molecule has 0 saturated heterocycles. The highest BCUT2D eigenvalue weighted by atomic mass is 32.1. The molecule has 3 rings (SSSR count). The smallest absolute Gasteiger partial charge is 0.262 e.